The van der Waals surface area contributed by atoms with Gasteiger partial charge in [0, 0.05) is 29.2 Å². The molecule has 5 rings (SSSR count). The van der Waals surface area contributed by atoms with Crippen LogP contribution in [0.25, 0.3) is 27.4 Å². The highest BCUT2D eigenvalue weighted by Crippen LogP contribution is 2.34. The Morgan fingerprint density at radius 1 is 1.03 bits per heavy atom. The maximum Gasteiger partial charge on any atom is 0.263 e. The molecule has 1 aliphatic carbocycles. The summed E-state index contributed by atoms with van der Waals surface area (Å²) in [5.74, 6) is 1.46. The van der Waals surface area contributed by atoms with Crippen molar-refractivity contribution in [3.05, 3.63) is 65.2 Å². The number of rotatable bonds is 3. The Morgan fingerprint density at radius 3 is 2.62 bits per heavy atom. The highest BCUT2D eigenvalue weighted by molar-refractivity contribution is 5.85. The first-order valence-corrected chi connectivity index (χ1v) is 10.3. The van der Waals surface area contributed by atoms with Gasteiger partial charge in [-0.25, -0.2) is 0 Å². The Labute approximate surface area is 169 Å². The van der Waals surface area contributed by atoms with Crippen molar-refractivity contribution in [3.63, 3.8) is 0 Å². The molecule has 2 aromatic carbocycles. The molecule has 0 unspecified atom stereocenters. The van der Waals surface area contributed by atoms with Crippen molar-refractivity contribution in [2.24, 2.45) is 5.92 Å². The average molecular weight is 387 g/mol. The lowest BCUT2D eigenvalue weighted by Gasteiger charge is -2.26. The van der Waals surface area contributed by atoms with Crippen molar-refractivity contribution in [1.82, 2.24) is 14.3 Å². The van der Waals surface area contributed by atoms with Crippen LogP contribution in [0.1, 0.15) is 38.6 Å². The fourth-order valence-corrected chi connectivity index (χ4v) is 4.48. The quantitative estimate of drug-likeness (QED) is 0.491. The lowest BCUT2D eigenvalue weighted by Crippen LogP contribution is -2.18. The minimum atomic E-state index is -0.0468. The normalized spacial score (nSPS) is 19.7. The monoisotopic (exact) mass is 387 g/mol. The number of hydrogen-bond acceptors (Lipinski definition) is 3. The van der Waals surface area contributed by atoms with Crippen molar-refractivity contribution in [1.29, 1.82) is 0 Å². The molecule has 0 aliphatic heterocycles. The van der Waals surface area contributed by atoms with Gasteiger partial charge >= 0.3 is 0 Å². The summed E-state index contributed by atoms with van der Waals surface area (Å²) in [5, 5.41) is 7.49. The lowest BCUT2D eigenvalue weighted by atomic mass is 9.87. The molecule has 1 saturated carbocycles. The smallest absolute Gasteiger partial charge is 0.263 e. The summed E-state index contributed by atoms with van der Waals surface area (Å²) in [7, 11) is 1.64. The van der Waals surface area contributed by atoms with E-state index in [1.165, 1.54) is 25.7 Å². The van der Waals surface area contributed by atoms with Gasteiger partial charge in [-0.2, -0.15) is 5.10 Å². The van der Waals surface area contributed by atoms with Gasteiger partial charge in [-0.15, -0.1) is 0 Å². The van der Waals surface area contributed by atoms with E-state index >= 15 is 0 Å². The summed E-state index contributed by atoms with van der Waals surface area (Å²) in [5.41, 5.74) is 1.60. The van der Waals surface area contributed by atoms with E-state index in [1.807, 2.05) is 48.7 Å². The van der Waals surface area contributed by atoms with Crippen molar-refractivity contribution in [2.45, 2.75) is 38.6 Å². The van der Waals surface area contributed by atoms with Crippen molar-refractivity contribution in [3.8, 4) is 11.4 Å². The molecule has 0 bridgehead atoms. The first kappa shape index (κ1) is 18.0. The second kappa shape index (κ2) is 7.07. The van der Waals surface area contributed by atoms with Crippen molar-refractivity contribution >= 4 is 21.7 Å². The number of methoxy groups -OCH3 is 1. The van der Waals surface area contributed by atoms with Crippen molar-refractivity contribution in [2.75, 3.05) is 7.11 Å². The number of pyridine rings is 1. The first-order valence-electron chi connectivity index (χ1n) is 10.3. The number of benzene rings is 2. The third kappa shape index (κ3) is 3.11. The minimum absolute atomic E-state index is 0.0468. The van der Waals surface area contributed by atoms with Gasteiger partial charge in [0.1, 0.15) is 5.75 Å². The van der Waals surface area contributed by atoms with E-state index in [2.05, 4.69) is 17.8 Å². The Morgan fingerprint density at radius 2 is 1.83 bits per heavy atom. The molecule has 0 saturated heterocycles. The zero-order valence-corrected chi connectivity index (χ0v) is 16.8. The maximum atomic E-state index is 13.1. The van der Waals surface area contributed by atoms with Gasteiger partial charge in [-0.3, -0.25) is 14.0 Å². The van der Waals surface area contributed by atoms with Crippen molar-refractivity contribution < 1.29 is 4.74 Å². The predicted molar refractivity (Wildman–Crippen MR) is 116 cm³/mol. The molecule has 4 aromatic rings. The standard InChI is InChI=1S/C24H25N3O2/c1-16-7-9-19(10-8-16)27-15-18-13-22(23(29-2)14-21(18)25-27)26-12-11-17-5-3-4-6-20(17)24(26)28/h3-6,11-16,19H,7-10H2,1-2H3/t16-,19-. The highest BCUT2D eigenvalue weighted by Gasteiger charge is 2.21. The number of nitrogens with zero attached hydrogens (tertiary/aromatic N) is 3. The van der Waals surface area contributed by atoms with Gasteiger partial charge in [-0.1, -0.05) is 25.1 Å². The molecule has 2 heterocycles. The number of fused-ring (bicyclic) bond motifs is 2. The summed E-state index contributed by atoms with van der Waals surface area (Å²) >= 11 is 0. The Bertz CT molecular complexity index is 1250. The summed E-state index contributed by atoms with van der Waals surface area (Å²) in [6.45, 7) is 2.33. The summed E-state index contributed by atoms with van der Waals surface area (Å²) in [4.78, 5) is 13.1. The highest BCUT2D eigenvalue weighted by atomic mass is 16.5. The molecule has 1 aliphatic rings. The Kier molecular flexibility index (Phi) is 4.38. The molecule has 29 heavy (non-hydrogen) atoms. The largest absolute Gasteiger partial charge is 0.494 e. The second-order valence-electron chi connectivity index (χ2n) is 8.18. The summed E-state index contributed by atoms with van der Waals surface area (Å²) < 4.78 is 9.42. The van der Waals surface area contributed by atoms with E-state index in [0.717, 1.165) is 27.9 Å². The van der Waals surface area contributed by atoms with Gasteiger partial charge in [0.25, 0.3) is 5.56 Å². The molecule has 0 spiro atoms. The molecule has 5 heteroatoms. The van der Waals surface area contributed by atoms with E-state index in [0.29, 0.717) is 17.2 Å². The topological polar surface area (TPSA) is 49.0 Å². The second-order valence-corrected chi connectivity index (χ2v) is 8.18. The third-order valence-electron chi connectivity index (χ3n) is 6.25. The number of ether oxygens (including phenoxy) is 1. The van der Waals surface area contributed by atoms with Crippen LogP contribution in [-0.2, 0) is 0 Å². The third-order valence-corrected chi connectivity index (χ3v) is 6.25. The van der Waals surface area contributed by atoms with Gasteiger partial charge in [0.15, 0.2) is 0 Å². The van der Waals surface area contributed by atoms with E-state index in [1.54, 1.807) is 11.7 Å². The van der Waals surface area contributed by atoms with Crippen LogP contribution in [0, 0.1) is 5.92 Å². The molecule has 5 nitrogen and oxygen atoms in total. The molecule has 0 amide bonds. The molecule has 0 radical (unpaired) electrons. The molecular weight excluding hydrogens is 362 g/mol. The molecule has 2 aromatic heterocycles. The Balaban J connectivity index is 1.62. The number of aromatic nitrogens is 3. The molecule has 0 N–H and O–H groups in total. The summed E-state index contributed by atoms with van der Waals surface area (Å²) in [6.07, 6.45) is 8.78. The van der Waals surface area contributed by atoms with Crippen LogP contribution in [0.2, 0.25) is 0 Å². The zero-order valence-electron chi connectivity index (χ0n) is 16.8. The van der Waals surface area contributed by atoms with E-state index in [-0.39, 0.29) is 5.56 Å². The van der Waals surface area contributed by atoms with Crippen LogP contribution in [0.15, 0.2) is 59.7 Å². The predicted octanol–water partition coefficient (Wildman–Crippen LogP) is 5.10. The molecule has 1 fully saturated rings. The summed E-state index contributed by atoms with van der Waals surface area (Å²) in [6, 6.07) is 14.0. The lowest BCUT2D eigenvalue weighted by molar-refractivity contribution is 0.275. The van der Waals surface area contributed by atoms with Gasteiger partial charge < -0.3 is 4.74 Å². The number of hydrogen-bond donors (Lipinski definition) is 0. The van der Waals surface area contributed by atoms with Crippen LogP contribution in [0.3, 0.4) is 0 Å². The zero-order chi connectivity index (χ0) is 20.0. The van der Waals surface area contributed by atoms with Gasteiger partial charge in [0.2, 0.25) is 0 Å². The van der Waals surface area contributed by atoms with E-state index in [4.69, 9.17) is 9.84 Å². The van der Waals surface area contributed by atoms with E-state index in [9.17, 15) is 4.79 Å². The van der Waals surface area contributed by atoms with Crippen LogP contribution < -0.4 is 10.3 Å². The van der Waals surface area contributed by atoms with E-state index < -0.39 is 0 Å². The van der Waals surface area contributed by atoms with Crippen LogP contribution in [0.5, 0.6) is 5.75 Å². The maximum absolute atomic E-state index is 13.1. The molecule has 0 atom stereocenters. The van der Waals surface area contributed by atoms with Gasteiger partial charge in [-0.05, 0) is 55.2 Å². The average Bonchev–Trinajstić information content (AvgIpc) is 3.17. The van der Waals surface area contributed by atoms with Crippen LogP contribution in [-0.4, -0.2) is 21.5 Å². The molecule has 148 valence electrons. The molecular formula is C24H25N3O2. The van der Waals surface area contributed by atoms with Gasteiger partial charge in [0.05, 0.1) is 24.4 Å². The minimum Gasteiger partial charge on any atom is -0.494 e. The fourth-order valence-electron chi connectivity index (χ4n) is 4.48. The Hall–Kier alpha value is -3.08. The van der Waals surface area contributed by atoms with Crippen LogP contribution in [0.4, 0.5) is 0 Å². The SMILES string of the molecule is COc1cc2nn([C@H]3CC[C@H](C)CC3)cc2cc1-n1ccc2ccccc2c1=O. The fraction of sp³-hybridized carbons (Fsp3) is 0.333. The first-order chi connectivity index (χ1) is 14.1. The van der Waals surface area contributed by atoms with Crippen LogP contribution >= 0.6 is 0 Å².